The number of nitrogens with one attached hydrogen (secondary N) is 2. The molecule has 0 spiro atoms. The number of hydrogen-bond donors (Lipinski definition) is 2. The van der Waals surface area contributed by atoms with E-state index in [2.05, 4.69) is 10.6 Å². The second kappa shape index (κ2) is 10.0. The summed E-state index contributed by atoms with van der Waals surface area (Å²) in [4.78, 5) is 35.5. The van der Waals surface area contributed by atoms with Crippen LogP contribution in [0.1, 0.15) is 28.4 Å². The molecule has 0 radical (unpaired) electrons. The molecule has 3 aromatic carbocycles. The molecule has 3 aromatic rings. The van der Waals surface area contributed by atoms with E-state index in [1.165, 1.54) is 13.0 Å². The molecule has 0 aliphatic heterocycles. The Hall–Kier alpha value is -3.93. The number of ether oxygens (including phenoxy) is 1. The lowest BCUT2D eigenvalue weighted by atomic mass is 10.1. The van der Waals surface area contributed by atoms with Crippen LogP contribution in [0.25, 0.3) is 0 Å². The number of anilines is 1. The van der Waals surface area contributed by atoms with Crippen LogP contribution in [0.4, 0.5) is 5.69 Å². The summed E-state index contributed by atoms with van der Waals surface area (Å²) >= 11 is 0. The van der Waals surface area contributed by atoms with Gasteiger partial charge in [0.05, 0.1) is 6.42 Å². The average molecular weight is 402 g/mol. The van der Waals surface area contributed by atoms with Crippen LogP contribution in [0.3, 0.4) is 0 Å². The van der Waals surface area contributed by atoms with Crippen molar-refractivity contribution in [2.24, 2.45) is 0 Å². The minimum absolute atomic E-state index is 0.0498. The predicted molar refractivity (Wildman–Crippen MR) is 114 cm³/mol. The number of hydrogen-bond acceptors (Lipinski definition) is 4. The van der Waals surface area contributed by atoms with Gasteiger partial charge in [0.15, 0.2) is 0 Å². The van der Waals surface area contributed by atoms with Gasteiger partial charge in [-0.05, 0) is 41.5 Å². The van der Waals surface area contributed by atoms with Gasteiger partial charge in [-0.3, -0.25) is 14.4 Å². The van der Waals surface area contributed by atoms with Crippen molar-refractivity contribution in [3.8, 4) is 5.75 Å². The monoisotopic (exact) mass is 402 g/mol. The number of amides is 2. The van der Waals surface area contributed by atoms with E-state index in [1.54, 1.807) is 30.3 Å². The minimum atomic E-state index is -0.445. The molecule has 0 aromatic heterocycles. The second-order valence-corrected chi connectivity index (χ2v) is 6.71. The van der Waals surface area contributed by atoms with Crippen LogP contribution in [0.2, 0.25) is 0 Å². The summed E-state index contributed by atoms with van der Waals surface area (Å²) in [5, 5.41) is 5.68. The molecule has 0 atom stereocenters. The topological polar surface area (TPSA) is 84.5 Å². The molecular formula is C24H22N2O4. The Labute approximate surface area is 174 Å². The van der Waals surface area contributed by atoms with Crippen LogP contribution >= 0.6 is 0 Å². The van der Waals surface area contributed by atoms with Gasteiger partial charge >= 0.3 is 5.97 Å². The Balaban J connectivity index is 1.52. The zero-order chi connectivity index (χ0) is 21.3. The van der Waals surface area contributed by atoms with E-state index in [4.69, 9.17) is 4.74 Å². The highest BCUT2D eigenvalue weighted by Gasteiger charge is 2.09. The minimum Gasteiger partial charge on any atom is -0.427 e. The van der Waals surface area contributed by atoms with Crippen molar-refractivity contribution in [3.63, 3.8) is 0 Å². The summed E-state index contributed by atoms with van der Waals surface area (Å²) in [6.07, 6.45) is 0.335. The van der Waals surface area contributed by atoms with E-state index in [1.807, 2.05) is 42.5 Å². The van der Waals surface area contributed by atoms with Gasteiger partial charge in [0.1, 0.15) is 5.75 Å². The van der Waals surface area contributed by atoms with Gasteiger partial charge in [-0.2, -0.15) is 0 Å². The molecule has 2 amide bonds. The Morgan fingerprint density at radius 1 is 0.833 bits per heavy atom. The molecule has 0 saturated carbocycles. The van der Waals surface area contributed by atoms with Gasteiger partial charge in [0, 0.05) is 24.7 Å². The SMILES string of the molecule is CC(=O)Oc1cccc(C(=O)Nc2ccc(CNC(=O)Cc3ccccc3)cc2)c1. The third-order valence-corrected chi connectivity index (χ3v) is 4.27. The van der Waals surface area contributed by atoms with E-state index in [9.17, 15) is 14.4 Å². The fraction of sp³-hybridized carbons (Fsp3) is 0.125. The number of benzene rings is 3. The maximum Gasteiger partial charge on any atom is 0.308 e. The molecule has 6 heteroatoms. The van der Waals surface area contributed by atoms with Crippen molar-refractivity contribution in [1.82, 2.24) is 5.32 Å². The van der Waals surface area contributed by atoms with Gasteiger partial charge < -0.3 is 15.4 Å². The van der Waals surface area contributed by atoms with E-state index < -0.39 is 5.97 Å². The Morgan fingerprint density at radius 2 is 1.57 bits per heavy atom. The highest BCUT2D eigenvalue weighted by atomic mass is 16.5. The first-order chi connectivity index (χ1) is 14.5. The highest BCUT2D eigenvalue weighted by molar-refractivity contribution is 6.04. The molecule has 0 aliphatic carbocycles. The van der Waals surface area contributed by atoms with E-state index in [0.717, 1.165) is 11.1 Å². The van der Waals surface area contributed by atoms with Crippen LogP contribution in [0, 0.1) is 0 Å². The molecule has 2 N–H and O–H groups in total. The van der Waals surface area contributed by atoms with Gasteiger partial charge in [0.2, 0.25) is 5.91 Å². The lowest BCUT2D eigenvalue weighted by Gasteiger charge is -2.09. The fourth-order valence-corrected chi connectivity index (χ4v) is 2.82. The number of carbonyl (C=O) groups is 3. The maximum atomic E-state index is 12.4. The summed E-state index contributed by atoms with van der Waals surface area (Å²) in [5.74, 6) is -0.491. The van der Waals surface area contributed by atoms with E-state index in [-0.39, 0.29) is 11.8 Å². The Bertz CT molecular complexity index is 1030. The molecule has 0 bridgehead atoms. The quantitative estimate of drug-likeness (QED) is 0.466. The number of esters is 1. The van der Waals surface area contributed by atoms with Crippen LogP contribution < -0.4 is 15.4 Å². The van der Waals surface area contributed by atoms with Crippen molar-refractivity contribution in [2.75, 3.05) is 5.32 Å². The van der Waals surface area contributed by atoms with Gasteiger partial charge in [-0.1, -0.05) is 48.5 Å². The molecule has 0 saturated heterocycles. The number of rotatable bonds is 7. The van der Waals surface area contributed by atoms with Crippen LogP contribution in [0.5, 0.6) is 5.75 Å². The predicted octanol–water partition coefficient (Wildman–Crippen LogP) is 3.72. The third-order valence-electron chi connectivity index (χ3n) is 4.27. The average Bonchev–Trinajstić information content (AvgIpc) is 2.74. The fourth-order valence-electron chi connectivity index (χ4n) is 2.82. The first-order valence-electron chi connectivity index (χ1n) is 9.49. The summed E-state index contributed by atoms with van der Waals surface area (Å²) in [6, 6.07) is 23.2. The maximum absolute atomic E-state index is 12.4. The summed E-state index contributed by atoms with van der Waals surface area (Å²) < 4.78 is 5.00. The zero-order valence-corrected chi connectivity index (χ0v) is 16.6. The summed E-state index contributed by atoms with van der Waals surface area (Å²) in [5.41, 5.74) is 2.89. The molecule has 0 aliphatic rings. The number of carbonyl (C=O) groups excluding carboxylic acids is 3. The summed E-state index contributed by atoms with van der Waals surface area (Å²) in [6.45, 7) is 1.71. The van der Waals surface area contributed by atoms with Crippen molar-refractivity contribution >= 4 is 23.5 Å². The molecule has 0 heterocycles. The Morgan fingerprint density at radius 3 is 2.27 bits per heavy atom. The normalized spacial score (nSPS) is 10.2. The van der Waals surface area contributed by atoms with E-state index >= 15 is 0 Å². The van der Waals surface area contributed by atoms with Crippen LogP contribution in [-0.2, 0) is 22.6 Å². The largest absolute Gasteiger partial charge is 0.427 e. The zero-order valence-electron chi connectivity index (χ0n) is 16.6. The molecule has 0 fully saturated rings. The lowest BCUT2D eigenvalue weighted by Crippen LogP contribution is -2.24. The smallest absolute Gasteiger partial charge is 0.308 e. The first kappa shape index (κ1) is 20.8. The first-order valence-corrected chi connectivity index (χ1v) is 9.49. The van der Waals surface area contributed by atoms with Crippen molar-refractivity contribution in [2.45, 2.75) is 19.9 Å². The van der Waals surface area contributed by atoms with Gasteiger partial charge in [0.25, 0.3) is 5.91 Å². The third kappa shape index (κ3) is 6.31. The van der Waals surface area contributed by atoms with Crippen LogP contribution in [0.15, 0.2) is 78.9 Å². The van der Waals surface area contributed by atoms with Crippen LogP contribution in [-0.4, -0.2) is 17.8 Å². The van der Waals surface area contributed by atoms with Crippen molar-refractivity contribution in [1.29, 1.82) is 0 Å². The van der Waals surface area contributed by atoms with Crippen molar-refractivity contribution < 1.29 is 19.1 Å². The molecule has 0 unspecified atom stereocenters. The molecule has 30 heavy (non-hydrogen) atoms. The van der Waals surface area contributed by atoms with E-state index in [0.29, 0.717) is 30.0 Å². The molecule has 152 valence electrons. The van der Waals surface area contributed by atoms with Crippen molar-refractivity contribution in [3.05, 3.63) is 95.6 Å². The van der Waals surface area contributed by atoms with Gasteiger partial charge in [-0.25, -0.2) is 0 Å². The summed E-state index contributed by atoms with van der Waals surface area (Å²) in [7, 11) is 0. The molecule has 6 nitrogen and oxygen atoms in total. The second-order valence-electron chi connectivity index (χ2n) is 6.71. The Kier molecular flexibility index (Phi) is 6.95. The molecular weight excluding hydrogens is 380 g/mol. The standard InChI is InChI=1S/C24H22N2O4/c1-17(27)30-22-9-5-8-20(15-22)24(29)26-21-12-10-19(11-13-21)16-25-23(28)14-18-6-3-2-4-7-18/h2-13,15H,14,16H2,1H3,(H,25,28)(H,26,29). The molecule has 3 rings (SSSR count). The highest BCUT2D eigenvalue weighted by Crippen LogP contribution is 2.16. The lowest BCUT2D eigenvalue weighted by molar-refractivity contribution is -0.131. The van der Waals surface area contributed by atoms with Gasteiger partial charge in [-0.15, -0.1) is 0 Å².